The summed E-state index contributed by atoms with van der Waals surface area (Å²) in [6.45, 7) is 5.27. The molecule has 1 saturated heterocycles. The Bertz CT molecular complexity index is 547. The van der Waals surface area contributed by atoms with Gasteiger partial charge in [-0.3, -0.25) is 14.9 Å². The molecule has 0 aromatic heterocycles. The molecule has 1 amide bonds. The SMILES string of the molecule is CC1CCN(C(=O)c2cc(F)ccc2[N+](=O)[O-])CC1C. The molecule has 1 aliphatic rings. The van der Waals surface area contributed by atoms with E-state index in [2.05, 4.69) is 6.92 Å². The average Bonchev–Trinajstić information content (AvgIpc) is 2.40. The average molecular weight is 280 g/mol. The quantitative estimate of drug-likeness (QED) is 0.618. The van der Waals surface area contributed by atoms with Crippen LogP contribution in [0.15, 0.2) is 18.2 Å². The highest BCUT2D eigenvalue weighted by atomic mass is 19.1. The Balaban J connectivity index is 2.29. The van der Waals surface area contributed by atoms with Crippen LogP contribution in [0.25, 0.3) is 0 Å². The second kappa shape index (κ2) is 5.56. The zero-order chi connectivity index (χ0) is 14.9. The Morgan fingerprint density at radius 2 is 2.10 bits per heavy atom. The van der Waals surface area contributed by atoms with Crippen LogP contribution in [0, 0.1) is 27.8 Å². The van der Waals surface area contributed by atoms with E-state index in [1.807, 2.05) is 6.92 Å². The number of amides is 1. The van der Waals surface area contributed by atoms with Crippen LogP contribution in [-0.4, -0.2) is 28.8 Å². The summed E-state index contributed by atoms with van der Waals surface area (Å²) in [4.78, 5) is 24.3. The van der Waals surface area contributed by atoms with E-state index in [0.717, 1.165) is 24.6 Å². The minimum absolute atomic E-state index is 0.170. The van der Waals surface area contributed by atoms with Gasteiger partial charge in [0.2, 0.25) is 0 Å². The van der Waals surface area contributed by atoms with Crippen molar-refractivity contribution in [2.45, 2.75) is 20.3 Å². The second-order valence-electron chi connectivity index (χ2n) is 5.41. The molecule has 2 unspecified atom stereocenters. The van der Waals surface area contributed by atoms with Crippen LogP contribution in [0.3, 0.4) is 0 Å². The van der Waals surface area contributed by atoms with E-state index in [1.54, 1.807) is 4.90 Å². The van der Waals surface area contributed by atoms with Crippen molar-refractivity contribution in [2.75, 3.05) is 13.1 Å². The maximum atomic E-state index is 13.3. The fourth-order valence-corrected chi connectivity index (χ4v) is 2.46. The summed E-state index contributed by atoms with van der Waals surface area (Å²) >= 11 is 0. The van der Waals surface area contributed by atoms with Crippen molar-refractivity contribution < 1.29 is 14.1 Å². The van der Waals surface area contributed by atoms with Crippen LogP contribution >= 0.6 is 0 Å². The molecule has 2 rings (SSSR count). The number of nitro groups is 1. The molecule has 1 aromatic carbocycles. The van der Waals surface area contributed by atoms with Crippen LogP contribution in [0.4, 0.5) is 10.1 Å². The lowest BCUT2D eigenvalue weighted by molar-refractivity contribution is -0.385. The Morgan fingerprint density at radius 1 is 1.40 bits per heavy atom. The Hall–Kier alpha value is -1.98. The molecule has 0 radical (unpaired) electrons. The van der Waals surface area contributed by atoms with Gasteiger partial charge in [-0.15, -0.1) is 0 Å². The van der Waals surface area contributed by atoms with Gasteiger partial charge in [-0.1, -0.05) is 13.8 Å². The summed E-state index contributed by atoms with van der Waals surface area (Å²) in [5.74, 6) is -0.255. The molecule has 2 atom stereocenters. The molecule has 108 valence electrons. The fraction of sp³-hybridized carbons (Fsp3) is 0.500. The molecule has 0 saturated carbocycles. The summed E-state index contributed by atoms with van der Waals surface area (Å²) < 4.78 is 13.3. The first-order valence-electron chi connectivity index (χ1n) is 6.63. The van der Waals surface area contributed by atoms with Gasteiger partial charge >= 0.3 is 0 Å². The summed E-state index contributed by atoms with van der Waals surface area (Å²) in [5.41, 5.74) is -0.514. The summed E-state index contributed by atoms with van der Waals surface area (Å²) in [6, 6.07) is 2.98. The van der Waals surface area contributed by atoms with Gasteiger partial charge < -0.3 is 4.90 Å². The third-order valence-electron chi connectivity index (χ3n) is 4.01. The summed E-state index contributed by atoms with van der Waals surface area (Å²) in [7, 11) is 0. The topological polar surface area (TPSA) is 63.5 Å². The highest BCUT2D eigenvalue weighted by Gasteiger charge is 2.30. The summed E-state index contributed by atoms with van der Waals surface area (Å²) in [6.07, 6.45) is 0.857. The monoisotopic (exact) mass is 280 g/mol. The first-order chi connectivity index (χ1) is 9.40. The van der Waals surface area contributed by atoms with Gasteiger partial charge in [0.15, 0.2) is 0 Å². The van der Waals surface area contributed by atoms with Gasteiger partial charge in [-0.25, -0.2) is 4.39 Å². The first kappa shape index (κ1) is 14.4. The third-order valence-corrected chi connectivity index (χ3v) is 4.01. The standard InChI is InChI=1S/C14H17FN2O3/c1-9-5-6-16(8-10(9)2)14(18)12-7-11(15)3-4-13(12)17(19)20/h3-4,7,9-10H,5-6,8H2,1-2H3. The molecule has 1 aromatic rings. The molecular weight excluding hydrogens is 263 g/mol. The van der Waals surface area contributed by atoms with E-state index < -0.39 is 16.6 Å². The smallest absolute Gasteiger partial charge is 0.282 e. The zero-order valence-electron chi connectivity index (χ0n) is 11.5. The highest BCUT2D eigenvalue weighted by molar-refractivity contribution is 5.98. The molecule has 0 N–H and O–H groups in total. The molecule has 1 fully saturated rings. The van der Waals surface area contributed by atoms with Crippen molar-refractivity contribution in [2.24, 2.45) is 11.8 Å². The molecule has 20 heavy (non-hydrogen) atoms. The largest absolute Gasteiger partial charge is 0.338 e. The number of carbonyl (C=O) groups is 1. The Morgan fingerprint density at radius 3 is 2.70 bits per heavy atom. The first-order valence-corrected chi connectivity index (χ1v) is 6.63. The highest BCUT2D eigenvalue weighted by Crippen LogP contribution is 2.26. The fourth-order valence-electron chi connectivity index (χ4n) is 2.46. The zero-order valence-corrected chi connectivity index (χ0v) is 11.5. The Labute approximate surface area is 116 Å². The maximum absolute atomic E-state index is 13.3. The molecule has 6 heteroatoms. The lowest BCUT2D eigenvalue weighted by atomic mass is 9.88. The van der Waals surface area contributed by atoms with Crippen molar-refractivity contribution in [1.82, 2.24) is 4.90 Å². The number of rotatable bonds is 2. The van der Waals surface area contributed by atoms with Crippen LogP contribution in [0.1, 0.15) is 30.6 Å². The van der Waals surface area contributed by atoms with Crippen LogP contribution in [0.5, 0.6) is 0 Å². The van der Waals surface area contributed by atoms with E-state index >= 15 is 0 Å². The van der Waals surface area contributed by atoms with Crippen molar-refractivity contribution in [3.05, 3.63) is 39.7 Å². The molecule has 0 spiro atoms. The molecule has 1 heterocycles. The van der Waals surface area contributed by atoms with E-state index in [4.69, 9.17) is 0 Å². The van der Waals surface area contributed by atoms with E-state index in [9.17, 15) is 19.3 Å². The van der Waals surface area contributed by atoms with Gasteiger partial charge in [0.05, 0.1) is 4.92 Å². The predicted octanol–water partition coefficient (Wildman–Crippen LogP) is 2.85. The van der Waals surface area contributed by atoms with Crippen molar-refractivity contribution in [3.8, 4) is 0 Å². The maximum Gasteiger partial charge on any atom is 0.282 e. The van der Waals surface area contributed by atoms with Crippen molar-refractivity contribution in [3.63, 3.8) is 0 Å². The predicted molar refractivity (Wildman–Crippen MR) is 71.9 cm³/mol. The molecule has 0 aliphatic carbocycles. The van der Waals surface area contributed by atoms with Crippen LogP contribution in [0.2, 0.25) is 0 Å². The number of piperidine rings is 1. The van der Waals surface area contributed by atoms with E-state index in [0.29, 0.717) is 24.9 Å². The normalized spacial score (nSPS) is 22.6. The lowest BCUT2D eigenvalue weighted by Gasteiger charge is -2.35. The van der Waals surface area contributed by atoms with Crippen molar-refractivity contribution in [1.29, 1.82) is 0 Å². The number of nitrogens with zero attached hydrogens (tertiary/aromatic N) is 2. The van der Waals surface area contributed by atoms with E-state index in [-0.39, 0.29) is 11.3 Å². The molecular formula is C14H17FN2O3. The van der Waals surface area contributed by atoms with Crippen LogP contribution < -0.4 is 0 Å². The number of carbonyl (C=O) groups excluding carboxylic acids is 1. The second-order valence-corrected chi connectivity index (χ2v) is 5.41. The number of likely N-dealkylation sites (tertiary alicyclic amines) is 1. The van der Waals surface area contributed by atoms with Gasteiger partial charge in [-0.05, 0) is 30.4 Å². The number of halogens is 1. The molecule has 0 bridgehead atoms. The van der Waals surface area contributed by atoms with Crippen molar-refractivity contribution >= 4 is 11.6 Å². The lowest BCUT2D eigenvalue weighted by Crippen LogP contribution is -2.42. The summed E-state index contributed by atoms with van der Waals surface area (Å²) in [5, 5.41) is 10.9. The van der Waals surface area contributed by atoms with Crippen LogP contribution in [-0.2, 0) is 0 Å². The van der Waals surface area contributed by atoms with E-state index in [1.165, 1.54) is 0 Å². The van der Waals surface area contributed by atoms with Gasteiger partial charge in [0, 0.05) is 19.2 Å². The van der Waals surface area contributed by atoms with Gasteiger partial charge in [-0.2, -0.15) is 0 Å². The van der Waals surface area contributed by atoms with Gasteiger partial charge in [0.25, 0.3) is 11.6 Å². The van der Waals surface area contributed by atoms with Gasteiger partial charge in [0.1, 0.15) is 11.4 Å². The molecule has 1 aliphatic heterocycles. The third kappa shape index (κ3) is 2.79. The molecule has 5 nitrogen and oxygen atoms in total. The minimum atomic E-state index is -0.650. The number of hydrogen-bond donors (Lipinski definition) is 0. The minimum Gasteiger partial charge on any atom is -0.338 e. The Kier molecular flexibility index (Phi) is 4.01. The number of benzene rings is 1. The number of hydrogen-bond acceptors (Lipinski definition) is 3. The number of nitro benzene ring substituents is 1.